The van der Waals surface area contributed by atoms with Crippen LogP contribution in [0.2, 0.25) is 0 Å². The third-order valence-corrected chi connectivity index (χ3v) is 5.05. The van der Waals surface area contributed by atoms with Gasteiger partial charge in [0.25, 0.3) is 5.91 Å². The van der Waals surface area contributed by atoms with Gasteiger partial charge in [0.2, 0.25) is 0 Å². The van der Waals surface area contributed by atoms with Gasteiger partial charge in [-0.05, 0) is 36.2 Å². The molecule has 2 aromatic rings. The van der Waals surface area contributed by atoms with Crippen molar-refractivity contribution < 1.29 is 9.53 Å². The lowest BCUT2D eigenvalue weighted by atomic mass is 10.1. The van der Waals surface area contributed by atoms with Crippen LogP contribution in [0.15, 0.2) is 53.5 Å². The van der Waals surface area contributed by atoms with Crippen molar-refractivity contribution in [2.24, 2.45) is 4.99 Å². The van der Waals surface area contributed by atoms with Crippen LogP contribution in [-0.2, 0) is 6.54 Å². The Morgan fingerprint density at radius 2 is 2.07 bits per heavy atom. The minimum Gasteiger partial charge on any atom is -0.495 e. The van der Waals surface area contributed by atoms with E-state index < -0.39 is 0 Å². The highest BCUT2D eigenvalue weighted by molar-refractivity contribution is 5.94. The number of benzene rings is 2. The molecule has 1 atom stereocenters. The molecule has 1 amide bonds. The van der Waals surface area contributed by atoms with Gasteiger partial charge in [-0.2, -0.15) is 0 Å². The summed E-state index contributed by atoms with van der Waals surface area (Å²) in [4.78, 5) is 18.5. The van der Waals surface area contributed by atoms with Crippen LogP contribution in [0, 0.1) is 0 Å². The highest BCUT2D eigenvalue weighted by Gasteiger charge is 2.25. The van der Waals surface area contributed by atoms with Crippen LogP contribution in [0.5, 0.6) is 5.75 Å². The number of anilines is 1. The molecule has 29 heavy (non-hydrogen) atoms. The summed E-state index contributed by atoms with van der Waals surface area (Å²) >= 11 is 0. The summed E-state index contributed by atoms with van der Waals surface area (Å²) in [5.41, 5.74) is 2.79. The van der Waals surface area contributed by atoms with Crippen molar-refractivity contribution in [3.63, 3.8) is 0 Å². The second-order valence-electron chi connectivity index (χ2n) is 6.95. The second kappa shape index (κ2) is 9.82. The van der Waals surface area contributed by atoms with Crippen LogP contribution in [-0.4, -0.2) is 52.2 Å². The molecule has 0 radical (unpaired) electrons. The summed E-state index contributed by atoms with van der Waals surface area (Å²) in [5, 5.41) is 9.49. The van der Waals surface area contributed by atoms with Gasteiger partial charge in [0.15, 0.2) is 5.96 Å². The maximum Gasteiger partial charge on any atom is 0.251 e. The number of guanidine groups is 1. The van der Waals surface area contributed by atoms with Gasteiger partial charge in [0.05, 0.1) is 12.8 Å². The fourth-order valence-corrected chi connectivity index (χ4v) is 3.53. The molecule has 0 aromatic heterocycles. The molecule has 0 aliphatic carbocycles. The number of hydrogen-bond donors (Lipinski definition) is 3. The normalized spacial score (nSPS) is 16.4. The van der Waals surface area contributed by atoms with Gasteiger partial charge in [-0.1, -0.05) is 24.3 Å². The first-order valence-electron chi connectivity index (χ1n) is 9.80. The monoisotopic (exact) mass is 395 g/mol. The Bertz CT molecular complexity index is 868. The van der Waals surface area contributed by atoms with Crippen molar-refractivity contribution in [3.8, 4) is 5.75 Å². The molecule has 2 aromatic carbocycles. The fraction of sp³-hybridized carbons (Fsp3) is 0.364. The van der Waals surface area contributed by atoms with Crippen LogP contribution in [0.1, 0.15) is 22.3 Å². The predicted octanol–water partition coefficient (Wildman–Crippen LogP) is 2.00. The molecule has 1 heterocycles. The molecule has 7 heteroatoms. The van der Waals surface area contributed by atoms with Crippen LogP contribution in [0.4, 0.5) is 5.69 Å². The Kier molecular flexibility index (Phi) is 6.94. The van der Waals surface area contributed by atoms with Gasteiger partial charge in [-0.3, -0.25) is 9.79 Å². The number of ether oxygens (including phenoxy) is 1. The number of methoxy groups -OCH3 is 1. The Balaban J connectivity index is 1.55. The van der Waals surface area contributed by atoms with Crippen molar-refractivity contribution in [2.45, 2.75) is 19.0 Å². The predicted molar refractivity (Wildman–Crippen MR) is 117 cm³/mol. The van der Waals surface area contributed by atoms with E-state index in [9.17, 15) is 4.79 Å². The number of carbonyl (C=O) groups excluding carboxylic acids is 1. The molecule has 1 aliphatic heterocycles. The highest BCUT2D eigenvalue weighted by Crippen LogP contribution is 2.30. The maximum atomic E-state index is 11.8. The summed E-state index contributed by atoms with van der Waals surface area (Å²) in [7, 11) is 5.10. The zero-order chi connectivity index (χ0) is 20.6. The zero-order valence-electron chi connectivity index (χ0n) is 17.2. The van der Waals surface area contributed by atoms with Crippen molar-refractivity contribution in [2.75, 3.05) is 39.2 Å². The van der Waals surface area contributed by atoms with Gasteiger partial charge in [-0.25, -0.2) is 0 Å². The van der Waals surface area contributed by atoms with Gasteiger partial charge in [0.1, 0.15) is 5.75 Å². The average molecular weight is 396 g/mol. The molecule has 1 saturated heterocycles. The number of hydrogen-bond acceptors (Lipinski definition) is 4. The lowest BCUT2D eigenvalue weighted by molar-refractivity contribution is 0.0963. The number of carbonyl (C=O) groups is 1. The van der Waals surface area contributed by atoms with E-state index in [1.807, 2.05) is 36.4 Å². The number of amides is 1. The molecule has 3 N–H and O–H groups in total. The fourth-order valence-electron chi connectivity index (χ4n) is 3.53. The number of rotatable bonds is 6. The van der Waals surface area contributed by atoms with E-state index in [0.717, 1.165) is 42.5 Å². The van der Waals surface area contributed by atoms with E-state index in [1.54, 1.807) is 27.3 Å². The molecule has 154 valence electrons. The Morgan fingerprint density at radius 1 is 1.24 bits per heavy atom. The summed E-state index contributed by atoms with van der Waals surface area (Å²) in [6.07, 6.45) is 1.02. The molecular formula is C22H29N5O2. The Hall–Kier alpha value is -3.22. The van der Waals surface area contributed by atoms with Crippen LogP contribution in [0.25, 0.3) is 0 Å². The molecule has 7 nitrogen and oxygen atoms in total. The molecule has 3 rings (SSSR count). The third kappa shape index (κ3) is 5.19. The standard InChI is InChI=1S/C22H29N5O2/c1-23-21(28)17-8-6-7-16(13-17)14-25-22(24-2)26-18-11-12-27(15-18)19-9-4-5-10-20(19)29-3/h4-10,13,18H,11-12,14-15H2,1-3H3,(H,23,28)(H2,24,25,26). The van der Waals surface area contributed by atoms with Crippen LogP contribution < -0.4 is 25.6 Å². The van der Waals surface area contributed by atoms with Crippen molar-refractivity contribution in [3.05, 3.63) is 59.7 Å². The summed E-state index contributed by atoms with van der Waals surface area (Å²) in [6.45, 7) is 2.43. The summed E-state index contributed by atoms with van der Waals surface area (Å²) in [6, 6.07) is 16.0. The molecule has 0 saturated carbocycles. The zero-order valence-corrected chi connectivity index (χ0v) is 17.2. The minimum atomic E-state index is -0.0863. The molecule has 1 aliphatic rings. The maximum absolute atomic E-state index is 11.8. The molecular weight excluding hydrogens is 366 g/mol. The molecule has 0 spiro atoms. The Morgan fingerprint density at radius 3 is 2.83 bits per heavy atom. The number of nitrogens with one attached hydrogen (secondary N) is 3. The Labute approximate surface area is 172 Å². The molecule has 1 fully saturated rings. The summed E-state index contributed by atoms with van der Waals surface area (Å²) < 4.78 is 5.49. The summed E-state index contributed by atoms with van der Waals surface area (Å²) in [5.74, 6) is 1.56. The van der Waals surface area contributed by atoms with Crippen molar-refractivity contribution in [1.82, 2.24) is 16.0 Å². The SMILES string of the molecule is CN=C(NCc1cccc(C(=O)NC)c1)NC1CCN(c2ccccc2OC)C1. The van der Waals surface area contributed by atoms with E-state index >= 15 is 0 Å². The number of para-hydroxylation sites is 2. The topological polar surface area (TPSA) is 78.0 Å². The third-order valence-electron chi connectivity index (χ3n) is 5.05. The van der Waals surface area contributed by atoms with Gasteiger partial charge >= 0.3 is 0 Å². The van der Waals surface area contributed by atoms with Crippen LogP contribution >= 0.6 is 0 Å². The first-order chi connectivity index (χ1) is 14.1. The van der Waals surface area contributed by atoms with Gasteiger partial charge < -0.3 is 25.6 Å². The minimum absolute atomic E-state index is 0.0863. The van der Waals surface area contributed by atoms with E-state index in [4.69, 9.17) is 4.74 Å². The largest absolute Gasteiger partial charge is 0.495 e. The lowest BCUT2D eigenvalue weighted by Crippen LogP contribution is -2.44. The second-order valence-corrected chi connectivity index (χ2v) is 6.95. The molecule has 0 bridgehead atoms. The average Bonchev–Trinajstić information content (AvgIpc) is 3.24. The first-order valence-corrected chi connectivity index (χ1v) is 9.80. The highest BCUT2D eigenvalue weighted by atomic mass is 16.5. The van der Waals surface area contributed by atoms with Crippen molar-refractivity contribution in [1.29, 1.82) is 0 Å². The van der Waals surface area contributed by atoms with E-state index in [2.05, 4.69) is 31.9 Å². The van der Waals surface area contributed by atoms with Crippen LogP contribution in [0.3, 0.4) is 0 Å². The van der Waals surface area contributed by atoms with Crippen molar-refractivity contribution >= 4 is 17.6 Å². The smallest absolute Gasteiger partial charge is 0.251 e. The van der Waals surface area contributed by atoms with Gasteiger partial charge in [0, 0.05) is 45.3 Å². The lowest BCUT2D eigenvalue weighted by Gasteiger charge is -2.22. The number of nitrogens with zero attached hydrogens (tertiary/aromatic N) is 2. The number of aliphatic imine (C=N–C) groups is 1. The van der Waals surface area contributed by atoms with Gasteiger partial charge in [-0.15, -0.1) is 0 Å². The molecule has 1 unspecified atom stereocenters. The van der Waals surface area contributed by atoms with E-state index in [0.29, 0.717) is 18.2 Å². The van der Waals surface area contributed by atoms with E-state index in [-0.39, 0.29) is 5.91 Å². The van der Waals surface area contributed by atoms with E-state index in [1.165, 1.54) is 0 Å². The first kappa shape index (κ1) is 20.5. The quantitative estimate of drug-likeness (QED) is 0.515.